The quantitative estimate of drug-likeness (QED) is 0.535. The molecular formula is C7H15NO3. The molecule has 0 aliphatic rings. The lowest BCUT2D eigenvalue weighted by Crippen LogP contribution is -2.56. The van der Waals surface area contributed by atoms with Crippen molar-refractivity contribution in [3.8, 4) is 0 Å². The molecule has 2 atom stereocenters. The molecule has 0 spiro atoms. The first-order valence-electron chi connectivity index (χ1n) is 3.50. The molecule has 1 unspecified atom stereocenters. The molecule has 4 heteroatoms. The molecule has 0 aromatic heterocycles. The van der Waals surface area contributed by atoms with E-state index in [9.17, 15) is 9.90 Å². The number of carboxylic acid groups (broad SMARTS) is 1. The number of hydrogen-bond acceptors (Lipinski definition) is 3. The maximum absolute atomic E-state index is 10.5. The summed E-state index contributed by atoms with van der Waals surface area (Å²) in [5.74, 6) is -1.33. The minimum Gasteiger partial charge on any atom is -0.480 e. The molecular weight excluding hydrogens is 146 g/mol. The van der Waals surface area contributed by atoms with Gasteiger partial charge in [-0.15, -0.1) is 0 Å². The Morgan fingerprint density at radius 1 is 1.55 bits per heavy atom. The molecule has 0 aliphatic carbocycles. The average Bonchev–Trinajstić information content (AvgIpc) is 1.85. The number of nitrogens with two attached hydrogens (primary N) is 1. The van der Waals surface area contributed by atoms with E-state index in [1.807, 2.05) is 0 Å². The highest BCUT2D eigenvalue weighted by Crippen LogP contribution is 2.14. The maximum atomic E-state index is 10.5. The minimum absolute atomic E-state index is 0.152. The Balaban J connectivity index is 4.42. The van der Waals surface area contributed by atoms with Crippen LogP contribution in [0.25, 0.3) is 0 Å². The third kappa shape index (κ3) is 2.17. The van der Waals surface area contributed by atoms with Gasteiger partial charge in [-0.25, -0.2) is 0 Å². The first-order chi connectivity index (χ1) is 4.80. The molecule has 4 nitrogen and oxygen atoms in total. The summed E-state index contributed by atoms with van der Waals surface area (Å²) in [4.78, 5) is 10.5. The highest BCUT2D eigenvalue weighted by Gasteiger charge is 2.38. The Hall–Kier alpha value is -0.610. The van der Waals surface area contributed by atoms with Crippen molar-refractivity contribution in [2.45, 2.75) is 32.4 Å². The van der Waals surface area contributed by atoms with Crippen LogP contribution in [-0.4, -0.2) is 27.8 Å². The molecule has 66 valence electrons. The number of hydrogen-bond donors (Lipinski definition) is 3. The second kappa shape index (κ2) is 3.19. The second-order valence-corrected chi connectivity index (χ2v) is 3.28. The zero-order valence-electron chi connectivity index (χ0n) is 7.03. The summed E-state index contributed by atoms with van der Waals surface area (Å²) >= 11 is 0. The molecule has 0 aromatic rings. The van der Waals surface area contributed by atoms with E-state index in [1.54, 1.807) is 13.8 Å². The Morgan fingerprint density at radius 3 is 2.00 bits per heavy atom. The van der Waals surface area contributed by atoms with Crippen LogP contribution in [0.5, 0.6) is 0 Å². The summed E-state index contributed by atoms with van der Waals surface area (Å²) in [6.45, 7) is 4.75. The van der Waals surface area contributed by atoms with Gasteiger partial charge in [-0.2, -0.15) is 0 Å². The summed E-state index contributed by atoms with van der Waals surface area (Å²) in [6.07, 6.45) is -1.01. The Labute approximate surface area is 66.0 Å². The van der Waals surface area contributed by atoms with E-state index in [1.165, 1.54) is 6.92 Å². The van der Waals surface area contributed by atoms with Gasteiger partial charge >= 0.3 is 5.97 Å². The molecule has 4 N–H and O–H groups in total. The first-order valence-corrected chi connectivity index (χ1v) is 3.50. The fourth-order valence-corrected chi connectivity index (χ4v) is 0.819. The lowest BCUT2D eigenvalue weighted by atomic mass is 9.88. The standard InChI is InChI=1S/C7H15NO3/c1-4(2)5(9)7(3,8)6(10)11/h4-5,9H,8H2,1-3H3,(H,10,11)/t5-,7?/m1/s1. The number of aliphatic hydroxyl groups excluding tert-OH is 1. The lowest BCUT2D eigenvalue weighted by molar-refractivity contribution is -0.148. The van der Waals surface area contributed by atoms with Gasteiger partial charge in [0.1, 0.15) is 5.54 Å². The first kappa shape index (κ1) is 10.4. The second-order valence-electron chi connectivity index (χ2n) is 3.28. The minimum atomic E-state index is -1.55. The van der Waals surface area contributed by atoms with Gasteiger partial charge in [0.15, 0.2) is 0 Å². The van der Waals surface area contributed by atoms with E-state index < -0.39 is 17.6 Å². The molecule has 0 amide bonds. The highest BCUT2D eigenvalue weighted by atomic mass is 16.4. The molecule has 0 bridgehead atoms. The monoisotopic (exact) mass is 161 g/mol. The summed E-state index contributed by atoms with van der Waals surface area (Å²) in [5, 5.41) is 17.9. The SMILES string of the molecule is CC(C)[C@@H](O)C(C)(N)C(=O)O. The van der Waals surface area contributed by atoms with Crippen molar-refractivity contribution < 1.29 is 15.0 Å². The molecule has 11 heavy (non-hydrogen) atoms. The van der Waals surface area contributed by atoms with Gasteiger partial charge in [0, 0.05) is 0 Å². The Bertz CT molecular complexity index is 154. The van der Waals surface area contributed by atoms with Crippen molar-refractivity contribution >= 4 is 5.97 Å². The van der Waals surface area contributed by atoms with E-state index in [-0.39, 0.29) is 5.92 Å². The number of carbonyl (C=O) groups is 1. The van der Waals surface area contributed by atoms with Crippen LogP contribution in [0.15, 0.2) is 0 Å². The summed E-state index contributed by atoms with van der Waals surface area (Å²) in [5.41, 5.74) is 3.81. The molecule has 0 radical (unpaired) electrons. The van der Waals surface area contributed by atoms with Crippen molar-refractivity contribution in [1.82, 2.24) is 0 Å². The summed E-state index contributed by atoms with van der Waals surface area (Å²) in [7, 11) is 0. The average molecular weight is 161 g/mol. The van der Waals surface area contributed by atoms with Crippen LogP contribution >= 0.6 is 0 Å². The Morgan fingerprint density at radius 2 is 1.91 bits per heavy atom. The molecule has 0 fully saturated rings. The molecule has 0 aliphatic heterocycles. The largest absolute Gasteiger partial charge is 0.480 e. The van der Waals surface area contributed by atoms with Gasteiger partial charge in [0.2, 0.25) is 0 Å². The van der Waals surface area contributed by atoms with Gasteiger partial charge in [-0.1, -0.05) is 13.8 Å². The molecule has 0 rings (SSSR count). The number of aliphatic carboxylic acids is 1. The maximum Gasteiger partial charge on any atom is 0.326 e. The van der Waals surface area contributed by atoms with E-state index in [0.29, 0.717) is 0 Å². The zero-order chi connectivity index (χ0) is 9.23. The number of rotatable bonds is 3. The van der Waals surface area contributed by atoms with Crippen molar-refractivity contribution in [1.29, 1.82) is 0 Å². The molecule has 0 saturated carbocycles. The molecule has 0 saturated heterocycles. The van der Waals surface area contributed by atoms with E-state index >= 15 is 0 Å². The van der Waals surface area contributed by atoms with E-state index in [2.05, 4.69) is 0 Å². The van der Waals surface area contributed by atoms with E-state index in [0.717, 1.165) is 0 Å². The number of carboxylic acids is 1. The van der Waals surface area contributed by atoms with Crippen molar-refractivity contribution in [3.05, 3.63) is 0 Å². The van der Waals surface area contributed by atoms with E-state index in [4.69, 9.17) is 10.8 Å². The van der Waals surface area contributed by atoms with Crippen molar-refractivity contribution in [2.75, 3.05) is 0 Å². The van der Waals surface area contributed by atoms with Crippen molar-refractivity contribution in [3.63, 3.8) is 0 Å². The Kier molecular flexibility index (Phi) is 3.02. The molecule has 0 aromatic carbocycles. The van der Waals surface area contributed by atoms with Crippen LogP contribution in [0.4, 0.5) is 0 Å². The normalized spacial score (nSPS) is 19.5. The lowest BCUT2D eigenvalue weighted by Gasteiger charge is -2.28. The predicted molar refractivity (Wildman–Crippen MR) is 41.1 cm³/mol. The fraction of sp³-hybridized carbons (Fsp3) is 0.857. The van der Waals surface area contributed by atoms with Crippen LogP contribution in [-0.2, 0) is 4.79 Å². The van der Waals surface area contributed by atoms with Crippen molar-refractivity contribution in [2.24, 2.45) is 11.7 Å². The van der Waals surface area contributed by atoms with Crippen LogP contribution in [0.1, 0.15) is 20.8 Å². The smallest absolute Gasteiger partial charge is 0.326 e. The van der Waals surface area contributed by atoms with Crippen LogP contribution < -0.4 is 5.73 Å². The van der Waals surface area contributed by atoms with Gasteiger partial charge in [0.25, 0.3) is 0 Å². The van der Waals surface area contributed by atoms with Gasteiger partial charge < -0.3 is 15.9 Å². The topological polar surface area (TPSA) is 83.5 Å². The van der Waals surface area contributed by atoms with Gasteiger partial charge in [-0.05, 0) is 12.8 Å². The van der Waals surface area contributed by atoms with Gasteiger partial charge in [-0.3, -0.25) is 4.79 Å². The van der Waals surface area contributed by atoms with Crippen LogP contribution in [0.2, 0.25) is 0 Å². The van der Waals surface area contributed by atoms with Crippen LogP contribution in [0, 0.1) is 5.92 Å². The predicted octanol–water partition coefficient (Wildman–Crippen LogP) is -0.195. The summed E-state index contributed by atoms with van der Waals surface area (Å²) < 4.78 is 0. The van der Waals surface area contributed by atoms with Crippen LogP contribution in [0.3, 0.4) is 0 Å². The van der Waals surface area contributed by atoms with Gasteiger partial charge in [0.05, 0.1) is 6.10 Å². The summed E-state index contributed by atoms with van der Waals surface area (Å²) in [6, 6.07) is 0. The molecule has 0 heterocycles. The highest BCUT2D eigenvalue weighted by molar-refractivity contribution is 5.78. The zero-order valence-corrected chi connectivity index (χ0v) is 7.03. The fourth-order valence-electron chi connectivity index (χ4n) is 0.819. The number of aliphatic hydroxyl groups is 1. The third-order valence-electron chi connectivity index (χ3n) is 1.71. The third-order valence-corrected chi connectivity index (χ3v) is 1.71.